The van der Waals surface area contributed by atoms with Crippen LogP contribution in [-0.2, 0) is 9.53 Å². The summed E-state index contributed by atoms with van der Waals surface area (Å²) in [6, 6.07) is 3.55. The number of aromatic nitrogens is 3. The van der Waals surface area contributed by atoms with Crippen LogP contribution in [-0.4, -0.2) is 33.5 Å². The summed E-state index contributed by atoms with van der Waals surface area (Å²) in [5.74, 6) is 0.112. The predicted molar refractivity (Wildman–Crippen MR) is 69.5 cm³/mol. The Kier molecular flexibility index (Phi) is 4.51. The van der Waals surface area contributed by atoms with Crippen LogP contribution in [0, 0.1) is 0 Å². The van der Waals surface area contributed by atoms with Gasteiger partial charge < -0.3 is 9.15 Å². The lowest BCUT2D eigenvalue weighted by Gasteiger charge is -2.08. The fourth-order valence-electron chi connectivity index (χ4n) is 1.42. The van der Waals surface area contributed by atoms with Gasteiger partial charge in [-0.15, -0.1) is 10.2 Å². The van der Waals surface area contributed by atoms with Gasteiger partial charge in [0.2, 0.25) is 5.89 Å². The number of nitrogens with zero attached hydrogens (tertiary/aromatic N) is 3. The Morgan fingerprint density at radius 1 is 1.42 bits per heavy atom. The Hall–Kier alpha value is -1.89. The third-order valence-electron chi connectivity index (χ3n) is 2.41. The summed E-state index contributed by atoms with van der Waals surface area (Å²) in [6.07, 6.45) is 3.93. The van der Waals surface area contributed by atoms with Gasteiger partial charge in [0.05, 0.1) is 7.11 Å². The van der Waals surface area contributed by atoms with E-state index in [-0.39, 0.29) is 11.2 Å². The van der Waals surface area contributed by atoms with Gasteiger partial charge in [-0.1, -0.05) is 18.7 Å². The molecular weight excluding hydrogens is 266 g/mol. The van der Waals surface area contributed by atoms with Crippen LogP contribution in [0.1, 0.15) is 13.3 Å². The van der Waals surface area contributed by atoms with E-state index in [9.17, 15) is 4.79 Å². The molecule has 0 saturated heterocycles. The number of esters is 1. The minimum absolute atomic E-state index is 0.295. The standard InChI is InChI=1S/C12H13N3O3S/c1-3-9(11(16)17-2)19-12-15-14-10(18-12)8-4-6-13-7-5-8/h4-7,9H,3H2,1-2H3/t9-/m0/s1. The smallest absolute Gasteiger partial charge is 0.319 e. The van der Waals surface area contributed by atoms with Crippen molar-refractivity contribution in [3.05, 3.63) is 24.5 Å². The van der Waals surface area contributed by atoms with Crippen molar-refractivity contribution in [1.82, 2.24) is 15.2 Å². The molecule has 2 rings (SSSR count). The molecular formula is C12H13N3O3S. The van der Waals surface area contributed by atoms with Crippen LogP contribution >= 0.6 is 11.8 Å². The number of carbonyl (C=O) groups is 1. The normalized spacial score (nSPS) is 12.1. The van der Waals surface area contributed by atoms with Gasteiger partial charge in [-0.2, -0.15) is 0 Å². The summed E-state index contributed by atoms with van der Waals surface area (Å²) < 4.78 is 10.2. The zero-order valence-corrected chi connectivity index (χ0v) is 11.4. The lowest BCUT2D eigenvalue weighted by Crippen LogP contribution is -2.17. The molecule has 19 heavy (non-hydrogen) atoms. The summed E-state index contributed by atoms with van der Waals surface area (Å²) in [5.41, 5.74) is 0.792. The number of ether oxygens (including phenoxy) is 1. The second-order valence-corrected chi connectivity index (χ2v) is 4.80. The predicted octanol–water partition coefficient (Wildman–Crippen LogP) is 2.18. The SMILES string of the molecule is CC[C@H](Sc1nnc(-c2ccncc2)o1)C(=O)OC. The van der Waals surface area contributed by atoms with Crippen molar-refractivity contribution in [3.8, 4) is 11.5 Å². The van der Waals surface area contributed by atoms with Crippen molar-refractivity contribution in [2.75, 3.05) is 7.11 Å². The highest BCUT2D eigenvalue weighted by molar-refractivity contribution is 8.00. The Morgan fingerprint density at radius 2 is 2.16 bits per heavy atom. The minimum atomic E-state index is -0.337. The number of rotatable bonds is 5. The van der Waals surface area contributed by atoms with E-state index in [0.717, 1.165) is 5.56 Å². The van der Waals surface area contributed by atoms with E-state index in [1.54, 1.807) is 24.5 Å². The average Bonchev–Trinajstić information content (AvgIpc) is 2.93. The number of hydrogen-bond acceptors (Lipinski definition) is 7. The van der Waals surface area contributed by atoms with E-state index in [4.69, 9.17) is 9.15 Å². The molecule has 0 saturated carbocycles. The van der Waals surface area contributed by atoms with Crippen molar-refractivity contribution in [2.24, 2.45) is 0 Å². The second-order valence-electron chi connectivity index (χ2n) is 3.65. The summed E-state index contributed by atoms with van der Waals surface area (Å²) in [4.78, 5) is 15.4. The maximum Gasteiger partial charge on any atom is 0.319 e. The molecule has 2 heterocycles. The van der Waals surface area contributed by atoms with Crippen LogP contribution in [0.3, 0.4) is 0 Å². The van der Waals surface area contributed by atoms with Crippen LogP contribution in [0.25, 0.3) is 11.5 Å². The van der Waals surface area contributed by atoms with E-state index < -0.39 is 0 Å². The highest BCUT2D eigenvalue weighted by atomic mass is 32.2. The molecule has 0 fully saturated rings. The molecule has 0 amide bonds. The molecule has 0 spiro atoms. The van der Waals surface area contributed by atoms with Gasteiger partial charge in [-0.05, 0) is 18.6 Å². The van der Waals surface area contributed by atoms with Gasteiger partial charge in [0.15, 0.2) is 0 Å². The zero-order valence-electron chi connectivity index (χ0n) is 10.6. The number of pyridine rings is 1. The van der Waals surface area contributed by atoms with Gasteiger partial charge >= 0.3 is 5.97 Å². The van der Waals surface area contributed by atoms with E-state index in [0.29, 0.717) is 17.5 Å². The summed E-state index contributed by atoms with van der Waals surface area (Å²) in [5, 5.41) is 7.87. The fourth-order valence-corrected chi connectivity index (χ4v) is 2.24. The molecule has 0 aliphatic carbocycles. The zero-order chi connectivity index (χ0) is 13.7. The van der Waals surface area contributed by atoms with Crippen molar-refractivity contribution in [3.63, 3.8) is 0 Å². The first kappa shape index (κ1) is 13.5. The van der Waals surface area contributed by atoms with E-state index >= 15 is 0 Å². The van der Waals surface area contributed by atoms with Crippen LogP contribution in [0.5, 0.6) is 0 Å². The Balaban J connectivity index is 2.11. The quantitative estimate of drug-likeness (QED) is 0.613. The number of methoxy groups -OCH3 is 1. The molecule has 1 atom stereocenters. The highest BCUT2D eigenvalue weighted by Gasteiger charge is 2.21. The second kappa shape index (κ2) is 6.33. The molecule has 0 aliphatic heterocycles. The maximum atomic E-state index is 11.5. The summed E-state index contributed by atoms with van der Waals surface area (Å²) in [6.45, 7) is 1.90. The first-order valence-electron chi connectivity index (χ1n) is 5.73. The maximum absolute atomic E-state index is 11.5. The van der Waals surface area contributed by atoms with Crippen LogP contribution in [0.2, 0.25) is 0 Å². The molecule has 100 valence electrons. The summed E-state index contributed by atoms with van der Waals surface area (Å²) in [7, 11) is 1.36. The number of thioether (sulfide) groups is 1. The Labute approximate surface area is 114 Å². The third-order valence-corrected chi connectivity index (χ3v) is 3.59. The largest absolute Gasteiger partial charge is 0.468 e. The molecule has 2 aromatic rings. The first-order valence-corrected chi connectivity index (χ1v) is 6.61. The van der Waals surface area contributed by atoms with E-state index in [2.05, 4.69) is 15.2 Å². The molecule has 0 N–H and O–H groups in total. The lowest BCUT2D eigenvalue weighted by molar-refractivity contribution is -0.140. The van der Waals surface area contributed by atoms with E-state index in [1.807, 2.05) is 6.92 Å². The van der Waals surface area contributed by atoms with Crippen molar-refractivity contribution >= 4 is 17.7 Å². The number of carbonyl (C=O) groups excluding carboxylic acids is 1. The van der Waals surface area contributed by atoms with Crippen LogP contribution < -0.4 is 0 Å². The fraction of sp³-hybridized carbons (Fsp3) is 0.333. The first-order chi connectivity index (χ1) is 9.24. The van der Waals surface area contributed by atoms with Crippen molar-refractivity contribution in [1.29, 1.82) is 0 Å². The molecule has 0 unspecified atom stereocenters. The monoisotopic (exact) mass is 279 g/mol. The topological polar surface area (TPSA) is 78.1 Å². The molecule has 2 aromatic heterocycles. The van der Waals surface area contributed by atoms with Gasteiger partial charge in [0.25, 0.3) is 5.22 Å². The lowest BCUT2D eigenvalue weighted by atomic mass is 10.3. The van der Waals surface area contributed by atoms with Gasteiger partial charge in [0.1, 0.15) is 5.25 Å². The summed E-state index contributed by atoms with van der Waals surface area (Å²) >= 11 is 1.21. The molecule has 0 radical (unpaired) electrons. The molecule has 0 bridgehead atoms. The Bertz CT molecular complexity index is 544. The average molecular weight is 279 g/mol. The van der Waals surface area contributed by atoms with E-state index in [1.165, 1.54) is 18.9 Å². The van der Waals surface area contributed by atoms with Gasteiger partial charge in [-0.3, -0.25) is 9.78 Å². The minimum Gasteiger partial charge on any atom is -0.468 e. The Morgan fingerprint density at radius 3 is 2.79 bits per heavy atom. The molecule has 7 heteroatoms. The van der Waals surface area contributed by atoms with Gasteiger partial charge in [0, 0.05) is 18.0 Å². The number of hydrogen-bond donors (Lipinski definition) is 0. The third kappa shape index (κ3) is 3.31. The molecule has 0 aromatic carbocycles. The van der Waals surface area contributed by atoms with Crippen molar-refractivity contribution < 1.29 is 13.9 Å². The highest BCUT2D eigenvalue weighted by Crippen LogP contribution is 2.27. The molecule has 0 aliphatic rings. The van der Waals surface area contributed by atoms with Crippen LogP contribution in [0.15, 0.2) is 34.2 Å². The van der Waals surface area contributed by atoms with Crippen molar-refractivity contribution in [2.45, 2.75) is 23.8 Å². The molecule has 6 nitrogen and oxygen atoms in total. The van der Waals surface area contributed by atoms with Gasteiger partial charge in [-0.25, -0.2) is 0 Å². The van der Waals surface area contributed by atoms with Crippen LogP contribution in [0.4, 0.5) is 0 Å².